The molecule has 0 N–H and O–H groups in total. The molecule has 0 atom stereocenters. The SMILES string of the molecule is CC(=O)N1CCN(C(=O)c2csc(CN(Cc3cccc(C(F)(F)F)c3)Cc3ccccc3F)n2)CC1. The third-order valence-corrected chi connectivity index (χ3v) is 6.99. The average molecular weight is 535 g/mol. The topological polar surface area (TPSA) is 56.8 Å². The lowest BCUT2D eigenvalue weighted by Gasteiger charge is -2.33. The summed E-state index contributed by atoms with van der Waals surface area (Å²) in [6.45, 7) is 3.77. The van der Waals surface area contributed by atoms with Gasteiger partial charge in [0.15, 0.2) is 0 Å². The number of amides is 2. The molecule has 6 nitrogen and oxygen atoms in total. The van der Waals surface area contributed by atoms with Gasteiger partial charge in [0.25, 0.3) is 5.91 Å². The largest absolute Gasteiger partial charge is 0.416 e. The maximum absolute atomic E-state index is 14.4. The van der Waals surface area contributed by atoms with Gasteiger partial charge >= 0.3 is 6.18 Å². The molecule has 196 valence electrons. The number of carbonyl (C=O) groups is 2. The van der Waals surface area contributed by atoms with E-state index in [9.17, 15) is 27.2 Å². The highest BCUT2D eigenvalue weighted by Crippen LogP contribution is 2.30. The Kier molecular flexibility index (Phi) is 8.23. The molecule has 1 aliphatic rings. The molecular weight excluding hydrogens is 508 g/mol. The van der Waals surface area contributed by atoms with Crippen molar-refractivity contribution in [3.8, 4) is 0 Å². The molecule has 0 aliphatic carbocycles. The lowest BCUT2D eigenvalue weighted by atomic mass is 10.1. The number of piperazine rings is 1. The second-order valence-corrected chi connectivity index (χ2v) is 9.80. The molecule has 0 bridgehead atoms. The third-order valence-electron chi connectivity index (χ3n) is 6.15. The van der Waals surface area contributed by atoms with Gasteiger partial charge in [-0.1, -0.05) is 36.4 Å². The van der Waals surface area contributed by atoms with Gasteiger partial charge in [0.1, 0.15) is 16.5 Å². The Balaban J connectivity index is 1.50. The zero-order valence-corrected chi connectivity index (χ0v) is 21.0. The van der Waals surface area contributed by atoms with E-state index in [1.165, 1.54) is 30.4 Å². The molecule has 3 aromatic rings. The summed E-state index contributed by atoms with van der Waals surface area (Å²) in [5, 5.41) is 2.25. The standard InChI is InChI=1S/C26H26F4N4O2S/c1-18(35)33-9-11-34(12-10-33)25(36)23-17-37-24(31-23)16-32(15-20-6-2-3-8-22(20)27)14-19-5-4-7-21(13-19)26(28,29)30/h2-8,13,17H,9-12,14-16H2,1H3. The van der Waals surface area contributed by atoms with E-state index in [2.05, 4.69) is 4.98 Å². The predicted octanol–water partition coefficient (Wildman–Crippen LogP) is 4.81. The monoisotopic (exact) mass is 534 g/mol. The van der Waals surface area contributed by atoms with Gasteiger partial charge in [-0.05, 0) is 17.7 Å². The fourth-order valence-corrected chi connectivity index (χ4v) is 5.01. The van der Waals surface area contributed by atoms with Gasteiger partial charge in [-0.3, -0.25) is 14.5 Å². The molecule has 1 aliphatic heterocycles. The first kappa shape index (κ1) is 26.7. The van der Waals surface area contributed by atoms with Crippen LogP contribution in [0.1, 0.15) is 39.1 Å². The van der Waals surface area contributed by atoms with Crippen LogP contribution in [0.2, 0.25) is 0 Å². The summed E-state index contributed by atoms with van der Waals surface area (Å²) in [6.07, 6.45) is -4.47. The first-order valence-electron chi connectivity index (χ1n) is 11.7. The van der Waals surface area contributed by atoms with Gasteiger partial charge in [-0.15, -0.1) is 11.3 Å². The van der Waals surface area contributed by atoms with E-state index in [1.807, 2.05) is 0 Å². The Morgan fingerprint density at radius 2 is 1.68 bits per heavy atom. The zero-order valence-electron chi connectivity index (χ0n) is 20.2. The Morgan fingerprint density at radius 1 is 0.973 bits per heavy atom. The number of benzene rings is 2. The molecule has 2 aromatic carbocycles. The van der Waals surface area contributed by atoms with Crippen LogP contribution in [0, 0.1) is 5.82 Å². The van der Waals surface area contributed by atoms with Crippen molar-refractivity contribution in [1.82, 2.24) is 19.7 Å². The Morgan fingerprint density at radius 3 is 2.35 bits per heavy atom. The van der Waals surface area contributed by atoms with Crippen LogP contribution in [0.4, 0.5) is 17.6 Å². The van der Waals surface area contributed by atoms with Crippen molar-refractivity contribution in [2.75, 3.05) is 26.2 Å². The van der Waals surface area contributed by atoms with Gasteiger partial charge in [0.05, 0.1) is 12.1 Å². The van der Waals surface area contributed by atoms with Crippen molar-refractivity contribution in [3.63, 3.8) is 0 Å². The summed E-state index contributed by atoms with van der Waals surface area (Å²) in [6, 6.07) is 11.3. The van der Waals surface area contributed by atoms with Gasteiger partial charge < -0.3 is 9.80 Å². The van der Waals surface area contributed by atoms with Crippen molar-refractivity contribution < 1.29 is 27.2 Å². The molecule has 0 spiro atoms. The summed E-state index contributed by atoms with van der Waals surface area (Å²) in [7, 11) is 0. The highest BCUT2D eigenvalue weighted by molar-refractivity contribution is 7.09. The number of aromatic nitrogens is 1. The molecule has 2 amide bonds. The van der Waals surface area contributed by atoms with E-state index in [1.54, 1.807) is 44.3 Å². The van der Waals surface area contributed by atoms with E-state index in [0.717, 1.165) is 12.1 Å². The normalized spacial score (nSPS) is 14.3. The van der Waals surface area contributed by atoms with Crippen LogP contribution in [-0.4, -0.2) is 57.7 Å². The molecular formula is C26H26F4N4O2S. The summed E-state index contributed by atoms with van der Waals surface area (Å²) in [5.41, 5.74) is 0.372. The summed E-state index contributed by atoms with van der Waals surface area (Å²) < 4.78 is 54.0. The first-order chi connectivity index (χ1) is 17.6. The van der Waals surface area contributed by atoms with Gasteiger partial charge in [-0.2, -0.15) is 13.2 Å². The molecule has 4 rings (SSSR count). The van der Waals surface area contributed by atoms with Crippen LogP contribution in [0.3, 0.4) is 0 Å². The van der Waals surface area contributed by atoms with E-state index in [0.29, 0.717) is 42.3 Å². The number of rotatable bonds is 7. The molecule has 1 fully saturated rings. The average Bonchev–Trinajstić information content (AvgIpc) is 3.33. The maximum atomic E-state index is 14.4. The van der Waals surface area contributed by atoms with E-state index in [4.69, 9.17) is 0 Å². The number of hydrogen-bond donors (Lipinski definition) is 0. The quantitative estimate of drug-likeness (QED) is 0.409. The maximum Gasteiger partial charge on any atom is 0.416 e. The lowest BCUT2D eigenvalue weighted by Crippen LogP contribution is -2.50. The highest BCUT2D eigenvalue weighted by atomic mass is 32.1. The lowest BCUT2D eigenvalue weighted by molar-refractivity contribution is -0.137. The minimum atomic E-state index is -4.47. The third kappa shape index (κ3) is 6.92. The zero-order chi connectivity index (χ0) is 26.6. The number of thiazole rings is 1. The van der Waals surface area contributed by atoms with Crippen molar-refractivity contribution in [3.05, 3.63) is 87.1 Å². The number of alkyl halides is 3. The Hall–Kier alpha value is -3.31. The van der Waals surface area contributed by atoms with Crippen molar-refractivity contribution >= 4 is 23.2 Å². The Bertz CT molecular complexity index is 1260. The number of halogens is 4. The van der Waals surface area contributed by atoms with Crippen LogP contribution in [0.25, 0.3) is 0 Å². The summed E-state index contributed by atoms with van der Waals surface area (Å²) in [5.74, 6) is -0.667. The second kappa shape index (κ2) is 11.4. The fourth-order valence-electron chi connectivity index (χ4n) is 4.20. The first-order valence-corrected chi connectivity index (χ1v) is 12.6. The van der Waals surface area contributed by atoms with Gasteiger partial charge in [0.2, 0.25) is 5.91 Å². The number of nitrogens with zero attached hydrogens (tertiary/aromatic N) is 4. The van der Waals surface area contributed by atoms with Crippen molar-refractivity contribution in [1.29, 1.82) is 0 Å². The number of carbonyl (C=O) groups excluding carboxylic acids is 2. The second-order valence-electron chi connectivity index (χ2n) is 8.86. The molecule has 1 saturated heterocycles. The highest BCUT2D eigenvalue weighted by Gasteiger charge is 2.30. The fraction of sp³-hybridized carbons (Fsp3) is 0.346. The summed E-state index contributed by atoms with van der Waals surface area (Å²) in [4.78, 5) is 34.1. The van der Waals surface area contributed by atoms with Crippen LogP contribution in [0.15, 0.2) is 53.9 Å². The minimum Gasteiger partial charge on any atom is -0.339 e. The molecule has 0 unspecified atom stereocenters. The molecule has 0 radical (unpaired) electrons. The Labute approximate surface area is 216 Å². The molecule has 11 heteroatoms. The van der Waals surface area contributed by atoms with E-state index in [-0.39, 0.29) is 37.1 Å². The smallest absolute Gasteiger partial charge is 0.339 e. The van der Waals surface area contributed by atoms with Crippen LogP contribution >= 0.6 is 11.3 Å². The molecule has 0 saturated carbocycles. The predicted molar refractivity (Wildman–Crippen MR) is 131 cm³/mol. The molecule has 37 heavy (non-hydrogen) atoms. The minimum absolute atomic E-state index is 0.0289. The molecule has 1 aromatic heterocycles. The van der Waals surface area contributed by atoms with E-state index >= 15 is 0 Å². The molecule has 2 heterocycles. The van der Waals surface area contributed by atoms with Crippen LogP contribution in [0.5, 0.6) is 0 Å². The number of hydrogen-bond acceptors (Lipinski definition) is 5. The van der Waals surface area contributed by atoms with E-state index < -0.39 is 17.6 Å². The van der Waals surface area contributed by atoms with Gasteiger partial charge in [-0.25, -0.2) is 9.37 Å². The van der Waals surface area contributed by atoms with Crippen molar-refractivity contribution in [2.24, 2.45) is 0 Å². The summed E-state index contributed by atoms with van der Waals surface area (Å²) >= 11 is 1.27. The van der Waals surface area contributed by atoms with Gasteiger partial charge in [0, 0.05) is 57.1 Å². The van der Waals surface area contributed by atoms with Crippen LogP contribution < -0.4 is 0 Å². The van der Waals surface area contributed by atoms with Crippen molar-refractivity contribution in [2.45, 2.75) is 32.7 Å². The van der Waals surface area contributed by atoms with Crippen LogP contribution in [-0.2, 0) is 30.6 Å².